The van der Waals surface area contributed by atoms with Gasteiger partial charge in [-0.2, -0.15) is 0 Å². The second kappa shape index (κ2) is 8.90. The average molecular weight is 407 g/mol. The first-order valence-corrected chi connectivity index (χ1v) is 10.9. The van der Waals surface area contributed by atoms with Crippen LogP contribution in [0.25, 0.3) is 0 Å². The van der Waals surface area contributed by atoms with Crippen LogP contribution in [0.1, 0.15) is 54.1 Å². The molecule has 2 aromatic carbocycles. The monoisotopic (exact) mass is 406 g/mol. The van der Waals surface area contributed by atoms with E-state index in [-0.39, 0.29) is 23.8 Å². The molecule has 0 saturated heterocycles. The molecule has 0 radical (unpaired) electrons. The zero-order chi connectivity index (χ0) is 21.1. The first-order chi connectivity index (χ1) is 14.5. The van der Waals surface area contributed by atoms with Crippen molar-refractivity contribution in [2.75, 3.05) is 11.9 Å². The minimum atomic E-state index is -0.195. The van der Waals surface area contributed by atoms with Gasteiger partial charge in [0.1, 0.15) is 12.4 Å². The van der Waals surface area contributed by atoms with Gasteiger partial charge in [-0.1, -0.05) is 25.1 Å². The van der Waals surface area contributed by atoms with Gasteiger partial charge in [-0.3, -0.25) is 9.59 Å². The largest absolute Gasteiger partial charge is 0.492 e. The number of benzene rings is 2. The molecule has 1 aliphatic carbocycles. The lowest BCUT2D eigenvalue weighted by Gasteiger charge is -2.30. The van der Waals surface area contributed by atoms with Crippen molar-refractivity contribution in [1.29, 1.82) is 0 Å². The Morgan fingerprint density at radius 3 is 2.57 bits per heavy atom. The Balaban J connectivity index is 1.40. The van der Waals surface area contributed by atoms with Crippen molar-refractivity contribution in [3.8, 4) is 5.75 Å². The standard InChI is InChI=1S/C25H30N2O3/c1-16-7-9-20(10-8-16)26-24(28)19-13-18-14-21(11-12-23(18)30-15-19)27-25(29)22-6-4-3-5-17(22)2/h3-6,11-12,14,16,19-20H,7-10,13,15H2,1-2H3,(H,26,28)(H,27,29)/t16?,19-,20?/m0/s1. The summed E-state index contributed by atoms with van der Waals surface area (Å²) in [5.74, 6) is 1.30. The molecule has 2 N–H and O–H groups in total. The number of aryl methyl sites for hydroxylation is 1. The lowest BCUT2D eigenvalue weighted by molar-refractivity contribution is -0.127. The van der Waals surface area contributed by atoms with Crippen LogP contribution in [0.3, 0.4) is 0 Å². The lowest BCUT2D eigenvalue weighted by atomic mass is 9.87. The molecule has 4 rings (SSSR count). The van der Waals surface area contributed by atoms with E-state index >= 15 is 0 Å². The van der Waals surface area contributed by atoms with Gasteiger partial charge in [-0.25, -0.2) is 0 Å². The molecule has 158 valence electrons. The van der Waals surface area contributed by atoms with E-state index < -0.39 is 0 Å². The van der Waals surface area contributed by atoms with Gasteiger partial charge in [0.15, 0.2) is 0 Å². The van der Waals surface area contributed by atoms with E-state index in [1.807, 2.05) is 49.4 Å². The summed E-state index contributed by atoms with van der Waals surface area (Å²) in [5, 5.41) is 6.19. The number of rotatable bonds is 4. The quantitative estimate of drug-likeness (QED) is 0.786. The molecule has 1 heterocycles. The molecule has 0 spiro atoms. The van der Waals surface area contributed by atoms with Crippen LogP contribution in [-0.2, 0) is 11.2 Å². The molecule has 5 nitrogen and oxygen atoms in total. The molecule has 2 amide bonds. The third-order valence-corrected chi connectivity index (χ3v) is 6.35. The van der Waals surface area contributed by atoms with Gasteiger partial charge in [-0.05, 0) is 80.3 Å². The van der Waals surface area contributed by atoms with Crippen LogP contribution in [0, 0.1) is 18.8 Å². The Labute approximate surface area is 178 Å². The van der Waals surface area contributed by atoms with Gasteiger partial charge in [0.05, 0.1) is 5.92 Å². The Kier molecular flexibility index (Phi) is 6.07. The minimum absolute atomic E-state index is 0.0783. The highest BCUT2D eigenvalue weighted by Crippen LogP contribution is 2.31. The van der Waals surface area contributed by atoms with Gasteiger partial charge in [0.25, 0.3) is 5.91 Å². The van der Waals surface area contributed by atoms with Crippen molar-refractivity contribution >= 4 is 17.5 Å². The van der Waals surface area contributed by atoms with E-state index in [1.54, 1.807) is 0 Å². The summed E-state index contributed by atoms with van der Waals surface area (Å²) in [6, 6.07) is 13.4. The van der Waals surface area contributed by atoms with Crippen molar-refractivity contribution in [2.24, 2.45) is 11.8 Å². The summed E-state index contributed by atoms with van der Waals surface area (Å²) in [7, 11) is 0. The highest BCUT2D eigenvalue weighted by molar-refractivity contribution is 6.05. The van der Waals surface area contributed by atoms with Crippen LogP contribution in [0.5, 0.6) is 5.75 Å². The van der Waals surface area contributed by atoms with Crippen LogP contribution >= 0.6 is 0 Å². The van der Waals surface area contributed by atoms with Gasteiger partial charge in [-0.15, -0.1) is 0 Å². The van der Waals surface area contributed by atoms with E-state index in [0.717, 1.165) is 35.6 Å². The SMILES string of the molecule is Cc1ccccc1C(=O)Nc1ccc2c(c1)C[C@H](C(=O)NC1CCC(C)CC1)CO2. The van der Waals surface area contributed by atoms with Gasteiger partial charge in [0.2, 0.25) is 5.91 Å². The first-order valence-electron chi connectivity index (χ1n) is 10.9. The number of fused-ring (bicyclic) bond motifs is 1. The number of nitrogens with one attached hydrogen (secondary N) is 2. The normalized spacial score (nSPS) is 23.1. The molecule has 2 aliphatic rings. The van der Waals surface area contributed by atoms with Crippen LogP contribution < -0.4 is 15.4 Å². The minimum Gasteiger partial charge on any atom is -0.492 e. The molecule has 0 aromatic heterocycles. The predicted octanol–water partition coefficient (Wildman–Crippen LogP) is 4.49. The summed E-state index contributed by atoms with van der Waals surface area (Å²) in [4.78, 5) is 25.4. The van der Waals surface area contributed by atoms with Crippen LogP contribution in [-0.4, -0.2) is 24.5 Å². The van der Waals surface area contributed by atoms with Crippen molar-refractivity contribution in [1.82, 2.24) is 5.32 Å². The van der Waals surface area contributed by atoms with Crippen LogP contribution in [0.15, 0.2) is 42.5 Å². The number of ether oxygens (including phenoxy) is 1. The molecule has 1 aliphatic heterocycles. The highest BCUT2D eigenvalue weighted by Gasteiger charge is 2.29. The smallest absolute Gasteiger partial charge is 0.255 e. The number of carbonyl (C=O) groups is 2. The molecule has 1 atom stereocenters. The summed E-state index contributed by atoms with van der Waals surface area (Å²) < 4.78 is 5.85. The number of anilines is 1. The second-order valence-corrected chi connectivity index (χ2v) is 8.77. The first kappa shape index (κ1) is 20.5. The maximum absolute atomic E-state index is 12.8. The number of amides is 2. The number of hydrogen-bond donors (Lipinski definition) is 2. The number of hydrogen-bond acceptors (Lipinski definition) is 3. The van der Waals surface area contributed by atoms with Crippen molar-refractivity contribution in [3.05, 3.63) is 59.2 Å². The van der Waals surface area contributed by atoms with E-state index in [4.69, 9.17) is 4.74 Å². The molecule has 0 unspecified atom stereocenters. The van der Waals surface area contributed by atoms with Gasteiger partial charge < -0.3 is 15.4 Å². The molecule has 30 heavy (non-hydrogen) atoms. The Hall–Kier alpha value is -2.82. The lowest BCUT2D eigenvalue weighted by Crippen LogP contribution is -2.43. The fraction of sp³-hybridized carbons (Fsp3) is 0.440. The molecule has 0 bridgehead atoms. The summed E-state index contributed by atoms with van der Waals surface area (Å²) in [6.45, 7) is 4.60. The zero-order valence-corrected chi connectivity index (χ0v) is 17.7. The van der Waals surface area contributed by atoms with Crippen LogP contribution in [0.2, 0.25) is 0 Å². The van der Waals surface area contributed by atoms with Gasteiger partial charge >= 0.3 is 0 Å². The van der Waals surface area contributed by atoms with Crippen molar-refractivity contribution < 1.29 is 14.3 Å². The van der Waals surface area contributed by atoms with E-state index in [9.17, 15) is 9.59 Å². The second-order valence-electron chi connectivity index (χ2n) is 8.77. The molecular formula is C25H30N2O3. The Morgan fingerprint density at radius 2 is 1.80 bits per heavy atom. The fourth-order valence-corrected chi connectivity index (χ4v) is 4.39. The van der Waals surface area contributed by atoms with E-state index in [2.05, 4.69) is 17.6 Å². The maximum Gasteiger partial charge on any atom is 0.255 e. The molecule has 5 heteroatoms. The van der Waals surface area contributed by atoms with Crippen molar-refractivity contribution in [2.45, 2.75) is 52.0 Å². The summed E-state index contributed by atoms with van der Waals surface area (Å²) in [5.41, 5.74) is 3.27. The van der Waals surface area contributed by atoms with Crippen molar-refractivity contribution in [3.63, 3.8) is 0 Å². The number of carbonyl (C=O) groups excluding carboxylic acids is 2. The van der Waals surface area contributed by atoms with Crippen LogP contribution in [0.4, 0.5) is 5.69 Å². The Bertz CT molecular complexity index is 932. The third kappa shape index (κ3) is 4.66. The molecular weight excluding hydrogens is 376 g/mol. The maximum atomic E-state index is 12.8. The average Bonchev–Trinajstić information content (AvgIpc) is 2.75. The molecule has 2 aromatic rings. The van der Waals surface area contributed by atoms with E-state index in [1.165, 1.54) is 12.8 Å². The molecule has 1 fully saturated rings. The van der Waals surface area contributed by atoms with E-state index in [0.29, 0.717) is 24.3 Å². The Morgan fingerprint density at radius 1 is 1.03 bits per heavy atom. The molecule has 1 saturated carbocycles. The summed E-state index contributed by atoms with van der Waals surface area (Å²) in [6.07, 6.45) is 5.11. The third-order valence-electron chi connectivity index (χ3n) is 6.35. The fourth-order valence-electron chi connectivity index (χ4n) is 4.39. The van der Waals surface area contributed by atoms with Gasteiger partial charge in [0, 0.05) is 17.3 Å². The zero-order valence-electron chi connectivity index (χ0n) is 17.7. The highest BCUT2D eigenvalue weighted by atomic mass is 16.5. The predicted molar refractivity (Wildman–Crippen MR) is 118 cm³/mol. The topological polar surface area (TPSA) is 67.4 Å². The summed E-state index contributed by atoms with van der Waals surface area (Å²) >= 11 is 0.